The van der Waals surface area contributed by atoms with Crippen molar-refractivity contribution in [1.82, 2.24) is 10.6 Å². The van der Waals surface area contributed by atoms with Crippen molar-refractivity contribution in [3.8, 4) is 0 Å². The third-order valence-electron chi connectivity index (χ3n) is 2.24. The zero-order valence-corrected chi connectivity index (χ0v) is 10.5. The van der Waals surface area contributed by atoms with Gasteiger partial charge in [0.05, 0.1) is 12.6 Å². The van der Waals surface area contributed by atoms with E-state index in [4.69, 9.17) is 21.1 Å². The van der Waals surface area contributed by atoms with Gasteiger partial charge in [0, 0.05) is 6.42 Å². The predicted molar refractivity (Wildman–Crippen MR) is 64.5 cm³/mol. The lowest BCUT2D eigenvalue weighted by atomic mass is 10.1. The Hall–Kier alpha value is -2.20. The quantitative estimate of drug-likeness (QED) is 0.258. The third-order valence-corrected chi connectivity index (χ3v) is 2.24. The van der Waals surface area contributed by atoms with Crippen LogP contribution in [-0.2, 0) is 19.2 Å². The Morgan fingerprint density at radius 2 is 1.65 bits per heavy atom. The van der Waals surface area contributed by atoms with Gasteiger partial charge in [-0.05, 0) is 6.42 Å². The smallest absolute Gasteiger partial charge is 0.322 e. The van der Waals surface area contributed by atoms with E-state index < -0.39 is 49.0 Å². The van der Waals surface area contributed by atoms with Crippen molar-refractivity contribution in [3.05, 3.63) is 0 Å². The first-order valence-electron chi connectivity index (χ1n) is 5.66. The van der Waals surface area contributed by atoms with Crippen LogP contribution in [0.1, 0.15) is 12.8 Å². The summed E-state index contributed by atoms with van der Waals surface area (Å²) in [6.45, 7) is -1.40. The van der Waals surface area contributed by atoms with Crippen LogP contribution in [0.3, 0.4) is 0 Å². The SMILES string of the molecule is N[C@@H](CCC(=O)O)C(=O)N[C@@H](CO)C(=O)NCC(=O)O. The number of rotatable bonds is 9. The summed E-state index contributed by atoms with van der Waals surface area (Å²) in [6, 6.07) is -2.50. The summed E-state index contributed by atoms with van der Waals surface area (Å²) in [7, 11) is 0. The number of nitrogens with two attached hydrogens (primary N) is 1. The number of carboxylic acid groups (broad SMARTS) is 2. The monoisotopic (exact) mass is 291 g/mol. The number of aliphatic carboxylic acids is 2. The molecule has 0 saturated carbocycles. The molecule has 0 aliphatic rings. The fourth-order valence-electron chi connectivity index (χ4n) is 1.17. The molecule has 2 amide bonds. The molecule has 0 radical (unpaired) electrons. The first-order valence-corrected chi connectivity index (χ1v) is 5.66. The van der Waals surface area contributed by atoms with Crippen LogP contribution in [-0.4, -0.2) is 64.3 Å². The molecule has 114 valence electrons. The number of hydrogen-bond acceptors (Lipinski definition) is 6. The molecule has 0 aromatic carbocycles. The van der Waals surface area contributed by atoms with Gasteiger partial charge in [0.2, 0.25) is 11.8 Å². The van der Waals surface area contributed by atoms with Gasteiger partial charge in [-0.2, -0.15) is 0 Å². The average Bonchev–Trinajstić information content (AvgIpc) is 2.38. The second-order valence-corrected chi connectivity index (χ2v) is 3.89. The third kappa shape index (κ3) is 7.28. The van der Waals surface area contributed by atoms with Gasteiger partial charge >= 0.3 is 11.9 Å². The van der Waals surface area contributed by atoms with Crippen molar-refractivity contribution in [2.75, 3.05) is 13.2 Å². The van der Waals surface area contributed by atoms with E-state index >= 15 is 0 Å². The van der Waals surface area contributed by atoms with Crippen LogP contribution in [0.2, 0.25) is 0 Å². The molecule has 7 N–H and O–H groups in total. The molecule has 0 aromatic rings. The lowest BCUT2D eigenvalue weighted by Crippen LogP contribution is -2.53. The van der Waals surface area contributed by atoms with Gasteiger partial charge in [0.15, 0.2) is 0 Å². The number of nitrogens with one attached hydrogen (secondary N) is 2. The van der Waals surface area contributed by atoms with Gasteiger partial charge in [-0.25, -0.2) is 0 Å². The van der Waals surface area contributed by atoms with Crippen LogP contribution in [0.25, 0.3) is 0 Å². The molecular weight excluding hydrogens is 274 g/mol. The summed E-state index contributed by atoms with van der Waals surface area (Å²) in [4.78, 5) is 43.5. The number of aliphatic hydroxyl groups is 1. The van der Waals surface area contributed by atoms with Gasteiger partial charge in [0.25, 0.3) is 0 Å². The number of aliphatic hydroxyl groups excluding tert-OH is 1. The molecule has 0 spiro atoms. The molecular formula is C10H17N3O7. The number of carbonyl (C=O) groups is 4. The largest absolute Gasteiger partial charge is 0.481 e. The minimum absolute atomic E-state index is 0.129. The zero-order valence-electron chi connectivity index (χ0n) is 10.5. The first kappa shape index (κ1) is 17.8. The maximum absolute atomic E-state index is 11.5. The lowest BCUT2D eigenvalue weighted by molar-refractivity contribution is -0.138. The number of amides is 2. The van der Waals surface area contributed by atoms with Gasteiger partial charge in [-0.1, -0.05) is 0 Å². The Morgan fingerprint density at radius 1 is 1.05 bits per heavy atom. The summed E-state index contributed by atoms with van der Waals surface area (Å²) in [6.07, 6.45) is -0.445. The fraction of sp³-hybridized carbons (Fsp3) is 0.600. The highest BCUT2D eigenvalue weighted by Gasteiger charge is 2.23. The molecule has 0 aliphatic heterocycles. The standard InChI is InChI=1S/C10H17N3O7/c11-5(1-2-7(15)16)9(19)13-6(4-14)10(20)12-3-8(17)18/h5-6,14H,1-4,11H2,(H,12,20)(H,13,19)(H,15,16)(H,17,18)/t5-,6-/m0/s1. The van der Waals surface area contributed by atoms with Crippen LogP contribution < -0.4 is 16.4 Å². The number of carboxylic acids is 2. The molecule has 10 heteroatoms. The minimum atomic E-state index is -1.35. The Kier molecular flexibility index (Phi) is 7.85. The molecule has 2 atom stereocenters. The van der Waals surface area contributed by atoms with E-state index in [9.17, 15) is 19.2 Å². The molecule has 0 aliphatic carbocycles. The lowest BCUT2D eigenvalue weighted by Gasteiger charge is -2.18. The van der Waals surface area contributed by atoms with Crippen molar-refractivity contribution in [3.63, 3.8) is 0 Å². The van der Waals surface area contributed by atoms with Gasteiger partial charge in [-0.3, -0.25) is 19.2 Å². The molecule has 0 rings (SSSR count). The van der Waals surface area contributed by atoms with Crippen molar-refractivity contribution in [2.24, 2.45) is 5.73 Å². The van der Waals surface area contributed by atoms with E-state index in [2.05, 4.69) is 5.32 Å². The van der Waals surface area contributed by atoms with Crippen LogP contribution in [0, 0.1) is 0 Å². The number of hydrogen-bond donors (Lipinski definition) is 6. The molecule has 0 heterocycles. The maximum Gasteiger partial charge on any atom is 0.322 e. The average molecular weight is 291 g/mol. The van der Waals surface area contributed by atoms with E-state index in [0.29, 0.717) is 0 Å². The summed E-state index contributed by atoms with van der Waals surface area (Å²) in [5.41, 5.74) is 5.41. The maximum atomic E-state index is 11.5. The summed E-state index contributed by atoms with van der Waals surface area (Å²) in [5, 5.41) is 29.8. The van der Waals surface area contributed by atoms with Crippen LogP contribution in [0.5, 0.6) is 0 Å². The minimum Gasteiger partial charge on any atom is -0.481 e. The summed E-state index contributed by atoms with van der Waals surface area (Å²) >= 11 is 0. The van der Waals surface area contributed by atoms with E-state index in [-0.39, 0.29) is 12.8 Å². The predicted octanol–water partition coefficient (Wildman–Crippen LogP) is -3.14. The second kappa shape index (κ2) is 8.82. The molecule has 0 saturated heterocycles. The fourth-order valence-corrected chi connectivity index (χ4v) is 1.17. The molecule has 0 fully saturated rings. The first-order chi connectivity index (χ1) is 9.27. The highest BCUT2D eigenvalue weighted by molar-refractivity contribution is 5.91. The molecule has 0 aromatic heterocycles. The van der Waals surface area contributed by atoms with Crippen LogP contribution in [0.15, 0.2) is 0 Å². The van der Waals surface area contributed by atoms with Crippen molar-refractivity contribution in [2.45, 2.75) is 24.9 Å². The van der Waals surface area contributed by atoms with E-state index in [1.54, 1.807) is 0 Å². The Bertz CT molecular complexity index is 385. The zero-order chi connectivity index (χ0) is 15.7. The summed E-state index contributed by atoms with van der Waals surface area (Å²) in [5.74, 6) is -4.09. The highest BCUT2D eigenvalue weighted by Crippen LogP contribution is 1.96. The second-order valence-electron chi connectivity index (χ2n) is 3.89. The summed E-state index contributed by atoms with van der Waals surface area (Å²) < 4.78 is 0. The topological polar surface area (TPSA) is 179 Å². The highest BCUT2D eigenvalue weighted by atomic mass is 16.4. The van der Waals surface area contributed by atoms with Crippen LogP contribution >= 0.6 is 0 Å². The normalized spacial score (nSPS) is 13.1. The number of carbonyl (C=O) groups excluding carboxylic acids is 2. The van der Waals surface area contributed by atoms with Crippen molar-refractivity contribution < 1.29 is 34.5 Å². The van der Waals surface area contributed by atoms with E-state index in [1.165, 1.54) is 0 Å². The van der Waals surface area contributed by atoms with Crippen molar-refractivity contribution >= 4 is 23.8 Å². The van der Waals surface area contributed by atoms with Gasteiger partial charge in [-0.15, -0.1) is 0 Å². The van der Waals surface area contributed by atoms with E-state index in [0.717, 1.165) is 0 Å². The molecule has 0 unspecified atom stereocenters. The molecule has 20 heavy (non-hydrogen) atoms. The Labute approximate surface area is 113 Å². The molecule has 10 nitrogen and oxygen atoms in total. The van der Waals surface area contributed by atoms with Gasteiger partial charge in [0.1, 0.15) is 12.6 Å². The Balaban J connectivity index is 4.33. The van der Waals surface area contributed by atoms with Crippen LogP contribution in [0.4, 0.5) is 0 Å². The van der Waals surface area contributed by atoms with E-state index in [1.807, 2.05) is 5.32 Å². The molecule has 0 bridgehead atoms. The van der Waals surface area contributed by atoms with Crippen molar-refractivity contribution in [1.29, 1.82) is 0 Å². The van der Waals surface area contributed by atoms with Gasteiger partial charge < -0.3 is 31.7 Å². The Morgan fingerprint density at radius 3 is 2.10 bits per heavy atom.